The maximum Gasteiger partial charge on any atom is 0.251 e. The Balaban J connectivity index is 1.31. The van der Waals surface area contributed by atoms with Crippen LogP contribution in [-0.2, 0) is 16.0 Å². The highest BCUT2D eigenvalue weighted by Crippen LogP contribution is 2.29. The highest BCUT2D eigenvalue weighted by molar-refractivity contribution is 6.00. The van der Waals surface area contributed by atoms with Gasteiger partial charge in [-0.2, -0.15) is 0 Å². The van der Waals surface area contributed by atoms with Crippen molar-refractivity contribution in [3.05, 3.63) is 59.7 Å². The second-order valence-electron chi connectivity index (χ2n) is 13.0. The molecule has 0 aromatic heterocycles. The second kappa shape index (κ2) is 15.7. The topological polar surface area (TPSA) is 117 Å². The van der Waals surface area contributed by atoms with Gasteiger partial charge in [-0.15, -0.1) is 0 Å². The normalized spacial score (nSPS) is 20.1. The average molecular weight is 619 g/mol. The van der Waals surface area contributed by atoms with Gasteiger partial charge in [-0.3, -0.25) is 14.4 Å². The van der Waals surface area contributed by atoms with E-state index in [1.54, 1.807) is 17.9 Å². The van der Waals surface area contributed by atoms with Crippen LogP contribution >= 0.6 is 0 Å². The minimum Gasteiger partial charge on any atom is -0.390 e. The molecule has 2 aliphatic heterocycles. The van der Waals surface area contributed by atoms with Gasteiger partial charge in [-0.05, 0) is 63.4 Å². The van der Waals surface area contributed by atoms with Gasteiger partial charge in [-0.25, -0.2) is 0 Å². The van der Waals surface area contributed by atoms with E-state index in [-0.39, 0.29) is 30.3 Å². The molecule has 1 saturated carbocycles. The molecule has 10 heteroatoms. The van der Waals surface area contributed by atoms with Gasteiger partial charge in [0.1, 0.15) is 0 Å². The Kier molecular flexibility index (Phi) is 11.5. The molecule has 0 spiro atoms. The van der Waals surface area contributed by atoms with Crippen LogP contribution in [0.25, 0.3) is 0 Å². The van der Waals surface area contributed by atoms with Crippen LogP contribution in [0.15, 0.2) is 48.5 Å². The van der Waals surface area contributed by atoms with E-state index in [0.29, 0.717) is 24.9 Å². The van der Waals surface area contributed by atoms with E-state index in [2.05, 4.69) is 32.8 Å². The van der Waals surface area contributed by atoms with Gasteiger partial charge in [0.15, 0.2) is 0 Å². The first kappa shape index (κ1) is 32.9. The fraction of sp³-hybridized carbons (Fsp3) is 0.571. The smallest absolute Gasteiger partial charge is 0.251 e. The van der Waals surface area contributed by atoms with E-state index in [0.717, 1.165) is 75.2 Å². The highest BCUT2D eigenvalue weighted by atomic mass is 16.3. The molecule has 2 aromatic carbocycles. The van der Waals surface area contributed by atoms with Crippen LogP contribution in [0.2, 0.25) is 0 Å². The zero-order valence-electron chi connectivity index (χ0n) is 26.8. The number of anilines is 2. The molecular weight excluding hydrogens is 568 g/mol. The number of nitrogens with zero attached hydrogens (tertiary/aromatic N) is 3. The Morgan fingerprint density at radius 1 is 0.933 bits per heavy atom. The lowest BCUT2D eigenvalue weighted by molar-refractivity contribution is -0.123. The predicted molar refractivity (Wildman–Crippen MR) is 178 cm³/mol. The maximum absolute atomic E-state index is 13.9. The molecule has 10 nitrogen and oxygen atoms in total. The third-order valence-electron chi connectivity index (χ3n) is 9.48. The van der Waals surface area contributed by atoms with Crippen molar-refractivity contribution in [3.8, 4) is 0 Å². The van der Waals surface area contributed by atoms with Gasteiger partial charge < -0.3 is 35.8 Å². The summed E-state index contributed by atoms with van der Waals surface area (Å²) in [6.07, 6.45) is 6.31. The van der Waals surface area contributed by atoms with Crippen molar-refractivity contribution in [1.29, 1.82) is 0 Å². The van der Waals surface area contributed by atoms with E-state index in [4.69, 9.17) is 0 Å². The highest BCUT2D eigenvalue weighted by Gasteiger charge is 2.28. The van der Waals surface area contributed by atoms with Gasteiger partial charge in [0.05, 0.1) is 18.2 Å². The number of rotatable bonds is 12. The third kappa shape index (κ3) is 9.05. The Morgan fingerprint density at radius 2 is 1.64 bits per heavy atom. The molecule has 4 N–H and O–H groups in total. The molecule has 0 unspecified atom stereocenters. The molecule has 3 amide bonds. The van der Waals surface area contributed by atoms with Crippen molar-refractivity contribution in [1.82, 2.24) is 20.9 Å². The zero-order chi connectivity index (χ0) is 31.8. The number of likely N-dealkylation sites (N-methyl/N-ethyl adjacent to an activating group) is 1. The summed E-state index contributed by atoms with van der Waals surface area (Å²) in [5.41, 5.74) is 3.10. The largest absolute Gasteiger partial charge is 0.390 e. The van der Waals surface area contributed by atoms with Crippen LogP contribution in [0.4, 0.5) is 11.4 Å². The van der Waals surface area contributed by atoms with Crippen LogP contribution in [0.1, 0.15) is 67.8 Å². The zero-order valence-corrected chi connectivity index (χ0v) is 26.8. The fourth-order valence-electron chi connectivity index (χ4n) is 6.56. The molecule has 3 fully saturated rings. The Labute approximate surface area is 267 Å². The molecule has 3 aliphatic rings. The molecular formula is C35H50N6O4. The van der Waals surface area contributed by atoms with Crippen LogP contribution < -0.4 is 25.8 Å². The van der Waals surface area contributed by atoms with Crippen molar-refractivity contribution >= 4 is 29.1 Å². The summed E-state index contributed by atoms with van der Waals surface area (Å²) in [6, 6.07) is 14.6. The van der Waals surface area contributed by atoms with E-state index in [1.165, 1.54) is 6.42 Å². The SMILES string of the molecule is C[C@H](NC[C@H](O)[C@H](Cc1ccccc1)NC(=O)c1cc(N2CCN(C)CC2)cc(N2CCCC2=O)c1)C(=O)NC1CCCCC1. The maximum atomic E-state index is 13.9. The number of aliphatic hydroxyl groups is 1. The number of nitrogens with one attached hydrogen (secondary N) is 3. The number of benzene rings is 2. The lowest BCUT2D eigenvalue weighted by Crippen LogP contribution is -2.53. The van der Waals surface area contributed by atoms with Crippen molar-refractivity contribution in [2.75, 3.05) is 56.1 Å². The quantitative estimate of drug-likeness (QED) is 0.289. The number of carbonyl (C=O) groups excluding carboxylic acids is 3. The van der Waals surface area contributed by atoms with Crippen LogP contribution in [0.5, 0.6) is 0 Å². The Morgan fingerprint density at radius 3 is 2.33 bits per heavy atom. The lowest BCUT2D eigenvalue weighted by atomic mass is 9.95. The molecule has 0 bridgehead atoms. The molecule has 45 heavy (non-hydrogen) atoms. The number of carbonyl (C=O) groups is 3. The summed E-state index contributed by atoms with van der Waals surface area (Å²) < 4.78 is 0. The summed E-state index contributed by atoms with van der Waals surface area (Å²) in [4.78, 5) is 45.7. The van der Waals surface area contributed by atoms with E-state index in [9.17, 15) is 19.5 Å². The third-order valence-corrected chi connectivity index (χ3v) is 9.48. The summed E-state index contributed by atoms with van der Waals surface area (Å²) in [6.45, 7) is 6.10. The first-order valence-electron chi connectivity index (χ1n) is 16.7. The first-order chi connectivity index (χ1) is 21.8. The molecule has 0 radical (unpaired) electrons. The van der Waals surface area contributed by atoms with Gasteiger partial charge in [0.2, 0.25) is 11.8 Å². The fourth-order valence-corrected chi connectivity index (χ4v) is 6.56. The van der Waals surface area contributed by atoms with Gasteiger partial charge >= 0.3 is 0 Å². The van der Waals surface area contributed by atoms with Crippen molar-refractivity contribution in [2.24, 2.45) is 0 Å². The molecule has 5 rings (SSSR count). The van der Waals surface area contributed by atoms with Gasteiger partial charge in [0.25, 0.3) is 5.91 Å². The molecule has 244 valence electrons. The summed E-state index contributed by atoms with van der Waals surface area (Å²) in [7, 11) is 2.10. The Bertz CT molecular complexity index is 1290. The summed E-state index contributed by atoms with van der Waals surface area (Å²) in [5.74, 6) is -0.300. The number of aliphatic hydroxyl groups excluding tert-OH is 1. The molecule has 3 atom stereocenters. The summed E-state index contributed by atoms with van der Waals surface area (Å²) in [5, 5.41) is 20.8. The van der Waals surface area contributed by atoms with E-state index in [1.807, 2.05) is 42.5 Å². The van der Waals surface area contributed by atoms with Crippen LogP contribution in [-0.4, -0.2) is 98.3 Å². The standard InChI is InChI=1S/C35H50N6O4/c1-25(34(44)37-28-12-7-4-8-13-28)36-24-32(42)31(20-26-10-5-3-6-11-26)38-35(45)27-21-29(40-18-16-39(2)17-19-40)23-30(22-27)41-15-9-14-33(41)43/h3,5-6,10-11,21-23,25,28,31-32,36,42H,4,7-9,12-20,24H2,1-2H3,(H,37,44)(H,38,45)/t25-,31-,32-/m0/s1. The first-order valence-corrected chi connectivity index (χ1v) is 16.7. The molecule has 2 saturated heterocycles. The van der Waals surface area contributed by atoms with E-state index < -0.39 is 18.2 Å². The molecule has 2 aromatic rings. The summed E-state index contributed by atoms with van der Waals surface area (Å²) >= 11 is 0. The molecule has 1 aliphatic carbocycles. The van der Waals surface area contributed by atoms with Crippen LogP contribution in [0.3, 0.4) is 0 Å². The van der Waals surface area contributed by atoms with E-state index >= 15 is 0 Å². The minimum atomic E-state index is -0.945. The van der Waals surface area contributed by atoms with Crippen LogP contribution in [0, 0.1) is 0 Å². The monoisotopic (exact) mass is 618 g/mol. The second-order valence-corrected chi connectivity index (χ2v) is 13.0. The minimum absolute atomic E-state index is 0.0672. The van der Waals surface area contributed by atoms with Crippen molar-refractivity contribution < 1.29 is 19.5 Å². The Hall–Kier alpha value is -3.47. The van der Waals surface area contributed by atoms with Gasteiger partial charge in [-0.1, -0.05) is 49.6 Å². The number of amides is 3. The average Bonchev–Trinajstić information content (AvgIpc) is 3.49. The predicted octanol–water partition coefficient (Wildman–Crippen LogP) is 2.69. The number of hydrogen-bond acceptors (Lipinski definition) is 7. The molecule has 2 heterocycles. The van der Waals surface area contributed by atoms with Crippen molar-refractivity contribution in [3.63, 3.8) is 0 Å². The number of piperazine rings is 1. The lowest BCUT2D eigenvalue weighted by Gasteiger charge is -2.35. The van der Waals surface area contributed by atoms with Crippen molar-refractivity contribution in [2.45, 2.75) is 82.5 Å². The van der Waals surface area contributed by atoms with Gasteiger partial charge in [0, 0.05) is 68.7 Å². The number of hydrogen-bond donors (Lipinski definition) is 4.